The van der Waals surface area contributed by atoms with Gasteiger partial charge in [0.05, 0.1) is 5.41 Å². The Morgan fingerprint density at radius 1 is 1.41 bits per heavy atom. The van der Waals surface area contributed by atoms with Crippen LogP contribution in [-0.2, 0) is 16.4 Å². The molecule has 0 radical (unpaired) electrons. The van der Waals surface area contributed by atoms with E-state index < -0.39 is 23.3 Å². The standard InChI is InChI=1S/C11H10F3NO2/c12-11(13,14)8-7(3-1-6-15-8)10(9(16)17)4-2-5-10/h1,3,6H,2,4-5H2,(H,16,17). The normalized spacial score (nSPS) is 18.5. The Kier molecular flexibility index (Phi) is 2.60. The van der Waals surface area contributed by atoms with Gasteiger partial charge in [-0.2, -0.15) is 13.2 Å². The molecule has 1 fully saturated rings. The number of aliphatic carboxylic acids is 1. The Balaban J connectivity index is 2.56. The molecule has 1 aromatic rings. The lowest BCUT2D eigenvalue weighted by Crippen LogP contribution is -2.44. The third-order valence-corrected chi connectivity index (χ3v) is 3.21. The predicted molar refractivity (Wildman–Crippen MR) is 52.4 cm³/mol. The van der Waals surface area contributed by atoms with Gasteiger partial charge >= 0.3 is 12.1 Å². The van der Waals surface area contributed by atoms with Gasteiger partial charge < -0.3 is 5.11 Å². The summed E-state index contributed by atoms with van der Waals surface area (Å²) in [6.07, 6.45) is -2.50. The molecule has 0 atom stereocenters. The summed E-state index contributed by atoms with van der Waals surface area (Å²) >= 11 is 0. The summed E-state index contributed by atoms with van der Waals surface area (Å²) in [5.41, 5.74) is -2.70. The lowest BCUT2D eigenvalue weighted by molar-refractivity contribution is -0.150. The van der Waals surface area contributed by atoms with Crippen molar-refractivity contribution in [2.75, 3.05) is 0 Å². The molecule has 0 aliphatic heterocycles. The molecule has 0 spiro atoms. The summed E-state index contributed by atoms with van der Waals surface area (Å²) in [5, 5.41) is 9.13. The summed E-state index contributed by atoms with van der Waals surface area (Å²) in [7, 11) is 0. The van der Waals surface area contributed by atoms with E-state index in [9.17, 15) is 18.0 Å². The van der Waals surface area contributed by atoms with Crippen molar-refractivity contribution in [2.24, 2.45) is 0 Å². The Bertz CT molecular complexity index is 452. The average Bonchev–Trinajstić information content (AvgIpc) is 2.14. The van der Waals surface area contributed by atoms with Gasteiger partial charge in [0.2, 0.25) is 0 Å². The van der Waals surface area contributed by atoms with E-state index in [1.807, 2.05) is 0 Å². The Hall–Kier alpha value is -1.59. The highest BCUT2D eigenvalue weighted by molar-refractivity contribution is 5.83. The summed E-state index contributed by atoms with van der Waals surface area (Å²) in [6.45, 7) is 0. The van der Waals surface area contributed by atoms with E-state index in [0.717, 1.165) is 6.20 Å². The molecular weight excluding hydrogens is 235 g/mol. The van der Waals surface area contributed by atoms with Crippen LogP contribution in [0.2, 0.25) is 0 Å². The van der Waals surface area contributed by atoms with Gasteiger partial charge in [-0.25, -0.2) is 0 Å². The Labute approximate surface area is 95.3 Å². The van der Waals surface area contributed by atoms with Crippen molar-refractivity contribution in [3.05, 3.63) is 29.6 Å². The molecule has 1 N–H and O–H groups in total. The zero-order valence-electron chi connectivity index (χ0n) is 8.79. The third kappa shape index (κ3) is 1.77. The Morgan fingerprint density at radius 2 is 2.06 bits per heavy atom. The molecule has 0 unspecified atom stereocenters. The molecule has 0 amide bonds. The van der Waals surface area contributed by atoms with Gasteiger partial charge in [0.1, 0.15) is 5.69 Å². The Morgan fingerprint density at radius 3 is 2.47 bits per heavy atom. The van der Waals surface area contributed by atoms with E-state index in [1.165, 1.54) is 12.1 Å². The molecule has 2 rings (SSSR count). The highest BCUT2D eigenvalue weighted by Gasteiger charge is 2.51. The van der Waals surface area contributed by atoms with E-state index in [1.54, 1.807) is 0 Å². The number of pyridine rings is 1. The molecule has 6 heteroatoms. The van der Waals surface area contributed by atoms with Gasteiger partial charge in [-0.1, -0.05) is 12.5 Å². The second-order valence-corrected chi connectivity index (χ2v) is 4.14. The van der Waals surface area contributed by atoms with Crippen LogP contribution in [0.1, 0.15) is 30.5 Å². The lowest BCUT2D eigenvalue weighted by Gasteiger charge is -2.39. The molecule has 1 aromatic heterocycles. The minimum atomic E-state index is -4.62. The number of aromatic nitrogens is 1. The van der Waals surface area contributed by atoms with Crippen molar-refractivity contribution in [2.45, 2.75) is 30.9 Å². The molecule has 17 heavy (non-hydrogen) atoms. The number of hydrogen-bond acceptors (Lipinski definition) is 2. The van der Waals surface area contributed by atoms with Crippen molar-refractivity contribution < 1.29 is 23.1 Å². The maximum atomic E-state index is 12.7. The number of hydrogen-bond donors (Lipinski definition) is 1. The number of nitrogens with zero attached hydrogens (tertiary/aromatic N) is 1. The molecular formula is C11H10F3NO2. The lowest BCUT2D eigenvalue weighted by atomic mass is 9.64. The quantitative estimate of drug-likeness (QED) is 0.871. The van der Waals surface area contributed by atoms with Crippen molar-refractivity contribution in [3.8, 4) is 0 Å². The van der Waals surface area contributed by atoms with E-state index in [4.69, 9.17) is 5.11 Å². The summed E-state index contributed by atoms with van der Waals surface area (Å²) in [5.74, 6) is -1.21. The first-order valence-corrected chi connectivity index (χ1v) is 5.14. The molecule has 0 saturated heterocycles. The first kappa shape index (κ1) is 11.9. The zero-order chi connectivity index (χ0) is 12.7. The molecule has 92 valence electrons. The number of carboxylic acid groups (broad SMARTS) is 1. The molecule has 1 aliphatic carbocycles. The van der Waals surface area contributed by atoms with Crippen LogP contribution in [0.5, 0.6) is 0 Å². The number of carboxylic acids is 1. The summed E-state index contributed by atoms with van der Waals surface area (Å²) in [4.78, 5) is 14.5. The van der Waals surface area contributed by atoms with Crippen molar-refractivity contribution >= 4 is 5.97 Å². The fraction of sp³-hybridized carbons (Fsp3) is 0.455. The van der Waals surface area contributed by atoms with Gasteiger partial charge in [0, 0.05) is 11.8 Å². The average molecular weight is 245 g/mol. The van der Waals surface area contributed by atoms with Gasteiger partial charge in [-0.3, -0.25) is 9.78 Å². The number of halogens is 3. The summed E-state index contributed by atoms with van der Waals surface area (Å²) < 4.78 is 38.2. The van der Waals surface area contributed by atoms with Crippen molar-refractivity contribution in [3.63, 3.8) is 0 Å². The summed E-state index contributed by atoms with van der Waals surface area (Å²) in [6, 6.07) is 2.55. The maximum Gasteiger partial charge on any atom is 0.433 e. The fourth-order valence-corrected chi connectivity index (χ4v) is 2.15. The second-order valence-electron chi connectivity index (χ2n) is 4.14. The van der Waals surface area contributed by atoms with Gasteiger partial charge in [0.15, 0.2) is 0 Å². The number of alkyl halides is 3. The fourth-order valence-electron chi connectivity index (χ4n) is 2.15. The second kappa shape index (κ2) is 3.72. The molecule has 0 aromatic carbocycles. The van der Waals surface area contributed by atoms with Gasteiger partial charge in [-0.15, -0.1) is 0 Å². The van der Waals surface area contributed by atoms with Crippen LogP contribution in [0.15, 0.2) is 18.3 Å². The molecule has 3 nitrogen and oxygen atoms in total. The minimum Gasteiger partial charge on any atom is -0.481 e. The van der Waals surface area contributed by atoms with Gasteiger partial charge in [-0.05, 0) is 18.9 Å². The molecule has 0 bridgehead atoms. The van der Waals surface area contributed by atoms with Crippen LogP contribution >= 0.6 is 0 Å². The van der Waals surface area contributed by atoms with Crippen LogP contribution in [-0.4, -0.2) is 16.1 Å². The van der Waals surface area contributed by atoms with Crippen LogP contribution in [0.25, 0.3) is 0 Å². The van der Waals surface area contributed by atoms with E-state index in [2.05, 4.69) is 4.98 Å². The van der Waals surface area contributed by atoms with E-state index in [-0.39, 0.29) is 18.4 Å². The predicted octanol–water partition coefficient (Wildman–Crippen LogP) is 2.61. The topological polar surface area (TPSA) is 50.2 Å². The van der Waals surface area contributed by atoms with Crippen LogP contribution in [0, 0.1) is 0 Å². The minimum absolute atomic E-state index is 0.216. The van der Waals surface area contributed by atoms with E-state index >= 15 is 0 Å². The molecule has 1 saturated carbocycles. The number of rotatable bonds is 2. The maximum absolute atomic E-state index is 12.7. The van der Waals surface area contributed by atoms with Crippen LogP contribution in [0.4, 0.5) is 13.2 Å². The highest BCUT2D eigenvalue weighted by Crippen LogP contribution is 2.47. The third-order valence-electron chi connectivity index (χ3n) is 3.21. The van der Waals surface area contributed by atoms with E-state index in [0.29, 0.717) is 6.42 Å². The smallest absolute Gasteiger partial charge is 0.433 e. The first-order valence-electron chi connectivity index (χ1n) is 5.14. The molecule has 1 heterocycles. The highest BCUT2D eigenvalue weighted by atomic mass is 19.4. The van der Waals surface area contributed by atoms with Crippen molar-refractivity contribution in [1.29, 1.82) is 0 Å². The largest absolute Gasteiger partial charge is 0.481 e. The monoisotopic (exact) mass is 245 g/mol. The van der Waals surface area contributed by atoms with Crippen LogP contribution < -0.4 is 0 Å². The van der Waals surface area contributed by atoms with Crippen molar-refractivity contribution in [1.82, 2.24) is 4.98 Å². The van der Waals surface area contributed by atoms with Crippen LogP contribution in [0.3, 0.4) is 0 Å². The molecule has 1 aliphatic rings. The first-order chi connectivity index (χ1) is 7.88. The number of carbonyl (C=O) groups is 1. The van der Waals surface area contributed by atoms with Gasteiger partial charge in [0.25, 0.3) is 0 Å². The zero-order valence-corrected chi connectivity index (χ0v) is 8.79. The SMILES string of the molecule is O=C(O)C1(c2cccnc2C(F)(F)F)CCC1.